The molecule has 5 aromatic rings. The number of benzene rings is 3. The molecule has 9 nitrogen and oxygen atoms in total. The molecule has 0 saturated carbocycles. The van der Waals surface area contributed by atoms with Gasteiger partial charge in [0.05, 0.1) is 39.7 Å². The van der Waals surface area contributed by atoms with Gasteiger partial charge in [0.2, 0.25) is 5.91 Å². The molecule has 0 atom stereocenters. The Kier molecular flexibility index (Phi) is 6.51. The summed E-state index contributed by atoms with van der Waals surface area (Å²) in [5.41, 5.74) is 2.95. The van der Waals surface area contributed by atoms with Crippen molar-refractivity contribution in [1.29, 1.82) is 0 Å². The Morgan fingerprint density at radius 2 is 1.68 bits per heavy atom. The Hall–Kier alpha value is -4.79. The predicted molar refractivity (Wildman–Crippen MR) is 142 cm³/mol. The quantitative estimate of drug-likeness (QED) is 0.347. The van der Waals surface area contributed by atoms with Crippen molar-refractivity contribution in [1.82, 2.24) is 14.1 Å². The fourth-order valence-electron chi connectivity index (χ4n) is 4.41. The maximum atomic E-state index is 13.7. The van der Waals surface area contributed by atoms with Gasteiger partial charge in [-0.3, -0.25) is 14.2 Å². The lowest BCUT2D eigenvalue weighted by Gasteiger charge is -2.12. The standard InChI is InChI=1S/C28H26N4O5/c1-35-20-11-8-18(9-12-20)15-31-17-29-26-21-6-4-5-7-22(21)32(27(26)28(31)34)16-25(33)30-19-10-13-23(36-2)24(14-19)37-3/h4-14,17H,15-16H2,1-3H3,(H,30,33). The second kappa shape index (κ2) is 10.1. The van der Waals surface area contributed by atoms with Crippen molar-refractivity contribution < 1.29 is 19.0 Å². The molecule has 0 aliphatic heterocycles. The number of carbonyl (C=O) groups is 1. The molecule has 37 heavy (non-hydrogen) atoms. The number of amides is 1. The molecule has 0 radical (unpaired) electrons. The Morgan fingerprint density at radius 1 is 0.919 bits per heavy atom. The van der Waals surface area contributed by atoms with Crippen LogP contribution in [0.25, 0.3) is 21.9 Å². The van der Waals surface area contributed by atoms with Crippen LogP contribution in [-0.4, -0.2) is 41.4 Å². The summed E-state index contributed by atoms with van der Waals surface area (Å²) in [5, 5.41) is 3.69. The van der Waals surface area contributed by atoms with E-state index >= 15 is 0 Å². The number of para-hydroxylation sites is 1. The molecular weight excluding hydrogens is 472 g/mol. The average molecular weight is 499 g/mol. The minimum Gasteiger partial charge on any atom is -0.497 e. The lowest BCUT2D eigenvalue weighted by molar-refractivity contribution is -0.116. The predicted octanol–water partition coefficient (Wildman–Crippen LogP) is 4.06. The number of ether oxygens (including phenoxy) is 3. The molecule has 188 valence electrons. The van der Waals surface area contributed by atoms with Crippen molar-refractivity contribution in [2.45, 2.75) is 13.1 Å². The van der Waals surface area contributed by atoms with Crippen LogP contribution in [0.5, 0.6) is 17.2 Å². The number of carbonyl (C=O) groups excluding carboxylic acids is 1. The molecule has 0 bridgehead atoms. The molecule has 9 heteroatoms. The maximum Gasteiger partial charge on any atom is 0.278 e. The third-order valence-electron chi connectivity index (χ3n) is 6.21. The van der Waals surface area contributed by atoms with Gasteiger partial charge >= 0.3 is 0 Å². The second-order valence-electron chi connectivity index (χ2n) is 8.44. The molecule has 0 aliphatic carbocycles. The summed E-state index contributed by atoms with van der Waals surface area (Å²) in [5.74, 6) is 1.51. The van der Waals surface area contributed by atoms with Gasteiger partial charge in [-0.1, -0.05) is 30.3 Å². The lowest BCUT2D eigenvalue weighted by atomic mass is 10.2. The van der Waals surface area contributed by atoms with E-state index < -0.39 is 0 Å². The lowest BCUT2D eigenvalue weighted by Crippen LogP contribution is -2.25. The average Bonchev–Trinajstić information content (AvgIpc) is 3.24. The van der Waals surface area contributed by atoms with Gasteiger partial charge in [-0.2, -0.15) is 0 Å². The van der Waals surface area contributed by atoms with Crippen molar-refractivity contribution in [3.63, 3.8) is 0 Å². The molecule has 2 aromatic heterocycles. The van der Waals surface area contributed by atoms with Crippen LogP contribution in [0.2, 0.25) is 0 Å². The van der Waals surface area contributed by atoms with E-state index in [1.807, 2.05) is 48.5 Å². The topological polar surface area (TPSA) is 96.6 Å². The van der Waals surface area contributed by atoms with Gasteiger partial charge in [0.15, 0.2) is 11.5 Å². The highest BCUT2D eigenvalue weighted by atomic mass is 16.5. The smallest absolute Gasteiger partial charge is 0.278 e. The van der Waals surface area contributed by atoms with Crippen molar-refractivity contribution >= 4 is 33.5 Å². The summed E-state index contributed by atoms with van der Waals surface area (Å²) >= 11 is 0. The third kappa shape index (κ3) is 4.58. The first-order valence-electron chi connectivity index (χ1n) is 11.6. The Morgan fingerprint density at radius 3 is 2.41 bits per heavy atom. The van der Waals surface area contributed by atoms with Crippen LogP contribution >= 0.6 is 0 Å². The van der Waals surface area contributed by atoms with Crippen LogP contribution in [0.3, 0.4) is 0 Å². The van der Waals surface area contributed by atoms with Crippen LogP contribution in [0.1, 0.15) is 5.56 Å². The summed E-state index contributed by atoms with van der Waals surface area (Å²) in [4.78, 5) is 31.4. The number of hydrogen-bond acceptors (Lipinski definition) is 6. The van der Waals surface area contributed by atoms with Crippen LogP contribution < -0.4 is 25.1 Å². The van der Waals surface area contributed by atoms with Gasteiger partial charge in [-0.15, -0.1) is 0 Å². The van der Waals surface area contributed by atoms with Crippen molar-refractivity contribution in [2.75, 3.05) is 26.6 Å². The highest BCUT2D eigenvalue weighted by molar-refractivity contribution is 6.06. The normalized spacial score (nSPS) is 11.0. The molecule has 3 aromatic carbocycles. The molecule has 0 spiro atoms. The molecule has 0 aliphatic rings. The largest absolute Gasteiger partial charge is 0.497 e. The van der Waals surface area contributed by atoms with Crippen LogP contribution in [0.4, 0.5) is 5.69 Å². The molecule has 2 heterocycles. The number of fused-ring (bicyclic) bond motifs is 3. The molecule has 1 amide bonds. The summed E-state index contributed by atoms with van der Waals surface area (Å²) in [7, 11) is 4.69. The number of anilines is 1. The number of nitrogens with zero attached hydrogens (tertiary/aromatic N) is 3. The minimum atomic E-state index is -0.292. The van der Waals surface area contributed by atoms with E-state index in [1.165, 1.54) is 7.11 Å². The van der Waals surface area contributed by atoms with Crippen molar-refractivity contribution in [3.05, 3.63) is 89.0 Å². The maximum absolute atomic E-state index is 13.7. The first-order valence-corrected chi connectivity index (χ1v) is 11.6. The molecule has 5 rings (SSSR count). The highest BCUT2D eigenvalue weighted by Gasteiger charge is 2.19. The van der Waals surface area contributed by atoms with E-state index in [0.717, 1.165) is 22.2 Å². The fraction of sp³-hybridized carbons (Fsp3) is 0.179. The summed E-state index contributed by atoms with van der Waals surface area (Å²) in [6.45, 7) is 0.271. The van der Waals surface area contributed by atoms with E-state index in [0.29, 0.717) is 34.8 Å². The van der Waals surface area contributed by atoms with Crippen LogP contribution in [0, 0.1) is 0 Å². The second-order valence-corrected chi connectivity index (χ2v) is 8.44. The third-order valence-corrected chi connectivity index (χ3v) is 6.21. The van der Waals surface area contributed by atoms with E-state index in [-0.39, 0.29) is 18.0 Å². The summed E-state index contributed by atoms with van der Waals surface area (Å²) < 4.78 is 19.1. The number of hydrogen-bond donors (Lipinski definition) is 1. The molecule has 0 saturated heterocycles. The van der Waals surface area contributed by atoms with Crippen LogP contribution in [0.15, 0.2) is 77.9 Å². The first-order chi connectivity index (χ1) is 18.0. The van der Waals surface area contributed by atoms with Crippen molar-refractivity contribution in [2.24, 2.45) is 0 Å². The number of aromatic nitrogens is 3. The first kappa shape index (κ1) is 23.9. The van der Waals surface area contributed by atoms with E-state index in [1.54, 1.807) is 47.9 Å². The molecule has 0 fully saturated rings. The fourth-order valence-corrected chi connectivity index (χ4v) is 4.41. The summed E-state index contributed by atoms with van der Waals surface area (Å²) in [6, 6.07) is 20.2. The number of methoxy groups -OCH3 is 3. The Labute approximate surface area is 212 Å². The van der Waals surface area contributed by atoms with Gasteiger partial charge in [0, 0.05) is 17.1 Å². The zero-order valence-corrected chi connectivity index (χ0v) is 20.7. The van der Waals surface area contributed by atoms with Gasteiger partial charge in [0.25, 0.3) is 5.56 Å². The van der Waals surface area contributed by atoms with Gasteiger partial charge in [-0.25, -0.2) is 4.98 Å². The Bertz CT molecular complexity index is 1650. The highest BCUT2D eigenvalue weighted by Crippen LogP contribution is 2.30. The molecule has 1 N–H and O–H groups in total. The molecule has 0 unspecified atom stereocenters. The van der Waals surface area contributed by atoms with E-state index in [4.69, 9.17) is 14.2 Å². The van der Waals surface area contributed by atoms with Crippen molar-refractivity contribution in [3.8, 4) is 17.2 Å². The minimum absolute atomic E-state index is 0.0676. The monoisotopic (exact) mass is 498 g/mol. The van der Waals surface area contributed by atoms with E-state index in [9.17, 15) is 9.59 Å². The zero-order valence-electron chi connectivity index (χ0n) is 20.7. The number of nitrogens with one attached hydrogen (secondary N) is 1. The van der Waals surface area contributed by atoms with Crippen LogP contribution in [-0.2, 0) is 17.9 Å². The van der Waals surface area contributed by atoms with E-state index in [2.05, 4.69) is 10.3 Å². The van der Waals surface area contributed by atoms with Gasteiger partial charge in [-0.05, 0) is 35.9 Å². The SMILES string of the molecule is COc1ccc(Cn2cnc3c4ccccc4n(CC(=O)Nc4ccc(OC)c(OC)c4)c3c2=O)cc1. The van der Waals surface area contributed by atoms with Gasteiger partial charge in [0.1, 0.15) is 23.3 Å². The summed E-state index contributed by atoms with van der Waals surface area (Å²) in [6.07, 6.45) is 1.55. The molecular formula is C28H26N4O5. The number of rotatable bonds is 8. The zero-order chi connectivity index (χ0) is 25.9. The van der Waals surface area contributed by atoms with Gasteiger partial charge < -0.3 is 24.1 Å². The Balaban J connectivity index is 1.51.